The lowest BCUT2D eigenvalue weighted by Gasteiger charge is -2.37. The quantitative estimate of drug-likeness (QED) is 0.0169. The molecule has 141 heavy (non-hydrogen) atoms. The van der Waals surface area contributed by atoms with Crippen LogP contribution in [0.15, 0.2) is 237 Å². The van der Waals surface area contributed by atoms with Gasteiger partial charge in [0.1, 0.15) is 35.4 Å². The number of benzene rings is 9. The zero-order chi connectivity index (χ0) is 118. The number of nitrogens with one attached hydrogen (secondary N) is 9. The number of ether oxygens (including phenoxy) is 3. The molecule has 0 aliphatic carbocycles. The number of carbonyl (C=O) groups excluding carboxylic acids is 9. The summed E-state index contributed by atoms with van der Waals surface area (Å²) in [5, 5.41) is 59.6. The molecule has 27 heteroatoms. The van der Waals surface area contributed by atoms with E-state index >= 15 is 0 Å². The minimum atomic E-state index is -3.29. The lowest BCUT2D eigenvalue weighted by Crippen LogP contribution is -2.59. The van der Waals surface area contributed by atoms with E-state index in [0.29, 0.717) is 71.9 Å². The first-order valence-electron chi connectivity index (χ1n) is 57.5. The standard InChI is InChI=1S/3C37H48N4O5.3CH4/c3*1-25(2)34(41-20-12-19-38-37(41)45)36(44)39-30(21-28-15-7-5-8-16-28)23-32(42)31(22-29-17-9-6-10-18-29)40-33(43)24-46-35-26(3)13-11-14-27(35)4;;;/h3*5-11,13-18,25,30-32,34,42H,12,19-24H2,1-4H3,(H,38,45)(H,39,44)(H,40,43);3*1H4/t3*30-,31-,32-,34-;;;/m000.../s1/i3D3,4D3,12D2,19D2,20D2;3D3,4D3,21D2;21D2;;;. The number of urea groups is 3. The highest BCUT2D eigenvalue weighted by Gasteiger charge is 2.40. The highest BCUT2D eigenvalue weighted by molar-refractivity contribution is 5.90. The maximum absolute atomic E-state index is 14.2. The number of hydrogen-bond donors (Lipinski definition) is 12. The number of aliphatic hydroxyl groups is 3. The molecule has 0 spiro atoms. The van der Waals surface area contributed by atoms with Crippen LogP contribution in [0.1, 0.15) is 199 Å². The van der Waals surface area contributed by atoms with E-state index in [1.807, 2.05) is 81.5 Å². The zero-order valence-corrected chi connectivity index (χ0v) is 79.1. The Morgan fingerprint density at radius 3 is 0.936 bits per heavy atom. The molecule has 3 aliphatic heterocycles. The molecular weight excluding hydrogens is 1780 g/mol. The van der Waals surface area contributed by atoms with Crippen LogP contribution < -0.4 is 62.1 Å². The number of nitrogens with zero attached hydrogens (tertiary/aromatic N) is 3. The Morgan fingerprint density at radius 2 is 0.631 bits per heavy atom. The van der Waals surface area contributed by atoms with E-state index in [0.717, 1.165) is 16.7 Å². The lowest BCUT2D eigenvalue weighted by atomic mass is 9.92. The topological polar surface area (TPSA) is 360 Å². The Kier molecular flexibility index (Phi) is 35.4. The molecule has 0 radical (unpaired) electrons. The fourth-order valence-corrected chi connectivity index (χ4v) is 16.6. The fourth-order valence-electron chi connectivity index (χ4n) is 16.6. The van der Waals surface area contributed by atoms with Crippen LogP contribution >= 0.6 is 0 Å². The number of aryl methyl sites for hydroxylation is 6. The predicted octanol–water partition coefficient (Wildman–Crippen LogP) is 14.9. The van der Waals surface area contributed by atoms with Gasteiger partial charge in [-0.3, -0.25) is 28.8 Å². The molecular formula is C114H156N12O15. The molecule has 3 aliphatic rings. The average molecular weight is 1960 g/mol. The maximum Gasteiger partial charge on any atom is 0.318 e. The minimum Gasteiger partial charge on any atom is -0.483 e. The number of aliphatic hydroxyl groups excluding tert-OH is 3. The molecule has 3 saturated heterocycles. The van der Waals surface area contributed by atoms with Gasteiger partial charge in [0.2, 0.25) is 17.7 Å². The van der Waals surface area contributed by atoms with E-state index in [1.165, 1.54) is 60.0 Å². The second kappa shape index (κ2) is 58.8. The Labute approximate surface area is 867 Å². The molecule has 9 aromatic rings. The summed E-state index contributed by atoms with van der Waals surface area (Å²) >= 11 is 0. The molecule has 762 valence electrons. The third kappa shape index (κ3) is 36.5. The predicted molar refractivity (Wildman–Crippen MR) is 559 cm³/mol. The summed E-state index contributed by atoms with van der Waals surface area (Å²) in [6.45, 7) is -3.52. The van der Waals surface area contributed by atoms with Crippen molar-refractivity contribution in [3.05, 3.63) is 303 Å². The molecule has 3 fully saturated rings. The third-order valence-corrected chi connectivity index (χ3v) is 23.3. The van der Waals surface area contributed by atoms with Gasteiger partial charge in [0.15, 0.2) is 19.8 Å². The molecule has 9 aromatic carbocycles. The number of rotatable bonds is 45. The van der Waals surface area contributed by atoms with Crippen LogP contribution in [-0.4, -0.2) is 215 Å². The molecule has 0 bridgehead atoms. The summed E-state index contributed by atoms with van der Waals surface area (Å²) < 4.78 is 198. The van der Waals surface area contributed by atoms with Crippen molar-refractivity contribution < 1.29 is 103 Å². The summed E-state index contributed by atoms with van der Waals surface area (Å²) in [6, 6.07) is 53.5. The highest BCUT2D eigenvalue weighted by Crippen LogP contribution is 2.29. The third-order valence-electron chi connectivity index (χ3n) is 23.3. The smallest absolute Gasteiger partial charge is 0.318 e. The van der Waals surface area contributed by atoms with Crippen LogP contribution in [0.5, 0.6) is 17.2 Å². The monoisotopic (exact) mass is 1960 g/mol. The van der Waals surface area contributed by atoms with Crippen molar-refractivity contribution in [2.45, 2.75) is 255 Å². The van der Waals surface area contributed by atoms with Crippen molar-refractivity contribution in [2.75, 3.05) is 59.0 Å². The van der Waals surface area contributed by atoms with E-state index in [2.05, 4.69) is 42.5 Å². The second-order valence-corrected chi connectivity index (χ2v) is 35.3. The van der Waals surface area contributed by atoms with E-state index in [-0.39, 0.29) is 108 Å². The largest absolute Gasteiger partial charge is 0.483 e. The summed E-state index contributed by atoms with van der Waals surface area (Å²) in [6.07, 6.45) is -10.8. The molecule has 3 heterocycles. The van der Waals surface area contributed by atoms with Gasteiger partial charge in [-0.15, -0.1) is 0 Å². The number of carbonyl (C=O) groups is 9. The minimum absolute atomic E-state index is 0. The van der Waals surface area contributed by atoms with Crippen LogP contribution in [0, 0.1) is 59.0 Å². The first-order chi connectivity index (χ1) is 75.0. The second-order valence-electron chi connectivity index (χ2n) is 35.3. The van der Waals surface area contributed by atoms with Crippen LogP contribution in [0.4, 0.5) is 14.4 Å². The van der Waals surface area contributed by atoms with Gasteiger partial charge in [0.25, 0.3) is 17.7 Å². The van der Waals surface area contributed by atoms with Crippen molar-refractivity contribution >= 4 is 53.5 Å². The van der Waals surface area contributed by atoms with Crippen molar-refractivity contribution in [3.8, 4) is 17.2 Å². The number of para-hydroxylation sites is 3. The van der Waals surface area contributed by atoms with Crippen molar-refractivity contribution in [3.63, 3.8) is 0 Å². The summed E-state index contributed by atoms with van der Waals surface area (Å²) in [4.78, 5) is 124. The van der Waals surface area contributed by atoms with E-state index in [9.17, 15) is 64.0 Å². The first kappa shape index (κ1) is 84.7. The van der Waals surface area contributed by atoms with Crippen LogP contribution in [0.2, 0.25) is 0 Å². The van der Waals surface area contributed by atoms with Gasteiger partial charge in [-0.2, -0.15) is 0 Å². The Bertz CT molecular complexity index is 6260. The number of amides is 12. The van der Waals surface area contributed by atoms with Gasteiger partial charge in [-0.05, 0) is 203 Å². The molecule has 12 N–H and O–H groups in total. The molecule has 12 amide bonds. The summed E-state index contributed by atoms with van der Waals surface area (Å²) in [5.74, 6) is -5.84. The highest BCUT2D eigenvalue weighted by atomic mass is 16.5. The first-order valence-corrected chi connectivity index (χ1v) is 46.5. The Morgan fingerprint density at radius 1 is 0.362 bits per heavy atom. The van der Waals surface area contributed by atoms with Crippen LogP contribution in [0.25, 0.3) is 0 Å². The molecule has 12 atom stereocenters. The normalized spacial score (nSPS) is 19.4. The van der Waals surface area contributed by atoms with E-state index in [1.54, 1.807) is 166 Å². The van der Waals surface area contributed by atoms with Gasteiger partial charge < -0.3 is 92.1 Å². The van der Waals surface area contributed by atoms with Crippen LogP contribution in [0.3, 0.4) is 0 Å². The van der Waals surface area contributed by atoms with E-state index < -0.39 is 221 Å². The summed E-state index contributed by atoms with van der Waals surface area (Å²) in [7, 11) is 0. The SMILES string of the molecule is C.C.C.[2H]C([2H])([2H])c1cccc(C([2H])([2H])[2H])c1OCC(=O)N[C@@H](Cc1ccccc1)[C@@H](O)C[C@@H](NC(=O)[C@H](C(C)C)N1CCCNC1=O)C([2H])([2H])c1ccccc1.[2H]C([2H])([2H])c1cccc(C([2H])([2H])[2H])c1OCC(=O)N[C@@H](Cc1ccccc1)[C@@H](O)C[C@H](Cc1ccccc1)NC(=O)[C@H](C(C)C)N1C(=O)NC([2H])([2H])C([2H])([2H])C1([2H])[2H].[2H]C([2H])(c1ccccc1)[C@@H](C[C@H](O)[C@H](Cc1ccccc1)NC(=O)COc1c(C)cccc1C)NC(=O)[C@H](C(C)C)N1CCCNC1=O. The Balaban J connectivity index is 0.000000327. The molecule has 0 aromatic heterocycles. The van der Waals surface area contributed by atoms with Crippen molar-refractivity contribution in [1.82, 2.24) is 62.6 Å². The van der Waals surface area contributed by atoms with E-state index in [4.69, 9.17) is 38.9 Å². The van der Waals surface area contributed by atoms with Gasteiger partial charge in [-0.25, -0.2) is 14.4 Å². The average Bonchev–Trinajstić information content (AvgIpc) is 0.711. The van der Waals surface area contributed by atoms with Gasteiger partial charge in [0.05, 0.1) is 36.4 Å². The van der Waals surface area contributed by atoms with Gasteiger partial charge in [0, 0.05) is 87.5 Å². The molecule has 0 saturated carbocycles. The maximum atomic E-state index is 14.2. The molecule has 12 rings (SSSR count). The van der Waals surface area contributed by atoms with Crippen molar-refractivity contribution in [1.29, 1.82) is 0 Å². The molecule has 0 unspecified atom stereocenters. The van der Waals surface area contributed by atoms with Gasteiger partial charge >= 0.3 is 18.1 Å². The van der Waals surface area contributed by atoms with Crippen LogP contribution in [-0.2, 0) is 67.2 Å². The van der Waals surface area contributed by atoms with Gasteiger partial charge in [-0.1, -0.05) is 300 Å². The zero-order valence-electron chi connectivity index (χ0n) is 101. The Hall–Kier alpha value is -13.1. The summed E-state index contributed by atoms with van der Waals surface area (Å²) in [5.41, 5.74) is 3.76. The molecule has 27 nitrogen and oxygen atoms in total. The number of hydrogen-bond acceptors (Lipinski definition) is 15. The fraction of sp³-hybridized carbons (Fsp3) is 0.447. The van der Waals surface area contributed by atoms with Crippen molar-refractivity contribution in [2.24, 2.45) is 17.8 Å². The lowest BCUT2D eigenvalue weighted by molar-refractivity contribution is -0.129.